The van der Waals surface area contributed by atoms with Crippen LogP contribution in [0.25, 0.3) is 11.3 Å². The van der Waals surface area contributed by atoms with Crippen molar-refractivity contribution >= 4 is 12.4 Å². The maximum atomic E-state index is 13.2. The van der Waals surface area contributed by atoms with Gasteiger partial charge in [0.25, 0.3) is 0 Å². The van der Waals surface area contributed by atoms with E-state index >= 15 is 0 Å². The van der Waals surface area contributed by atoms with Crippen molar-refractivity contribution in [2.24, 2.45) is 5.73 Å². The van der Waals surface area contributed by atoms with Gasteiger partial charge in [0.2, 0.25) is 0 Å². The zero-order valence-electron chi connectivity index (χ0n) is 11.2. The number of halogens is 5. The monoisotopic (exact) mass is 339 g/mol. The molecule has 1 atom stereocenters. The summed E-state index contributed by atoms with van der Waals surface area (Å²) < 4.78 is 56.6. The van der Waals surface area contributed by atoms with Gasteiger partial charge in [-0.05, 0) is 36.8 Å². The fourth-order valence-electron chi connectivity index (χ4n) is 1.88. The van der Waals surface area contributed by atoms with E-state index in [0.29, 0.717) is 11.8 Å². The van der Waals surface area contributed by atoms with E-state index in [2.05, 4.69) is 0 Å². The van der Waals surface area contributed by atoms with Crippen LogP contribution >= 0.6 is 12.4 Å². The average Bonchev–Trinajstić information content (AvgIpc) is 2.88. The summed E-state index contributed by atoms with van der Waals surface area (Å²) in [6.07, 6.45) is -4.51. The van der Waals surface area contributed by atoms with Crippen LogP contribution in [-0.4, -0.2) is 11.7 Å². The summed E-state index contributed by atoms with van der Waals surface area (Å²) in [5, 5.41) is 8.79. The van der Waals surface area contributed by atoms with Gasteiger partial charge < -0.3 is 15.3 Å². The number of furan rings is 1. The van der Waals surface area contributed by atoms with Gasteiger partial charge in [0.15, 0.2) is 0 Å². The van der Waals surface area contributed by atoms with Crippen molar-refractivity contribution in [2.75, 3.05) is 6.61 Å². The topological polar surface area (TPSA) is 59.4 Å². The average molecular weight is 340 g/mol. The van der Waals surface area contributed by atoms with Crippen molar-refractivity contribution in [2.45, 2.75) is 18.6 Å². The second kappa shape index (κ2) is 7.13. The third kappa shape index (κ3) is 4.00. The van der Waals surface area contributed by atoms with E-state index in [4.69, 9.17) is 15.3 Å². The Morgan fingerprint density at radius 2 is 1.86 bits per heavy atom. The van der Waals surface area contributed by atoms with Crippen LogP contribution in [0.1, 0.15) is 23.8 Å². The maximum Gasteiger partial charge on any atom is 0.419 e. The lowest BCUT2D eigenvalue weighted by atomic mass is 10.1. The Labute approximate surface area is 130 Å². The third-order valence-electron chi connectivity index (χ3n) is 2.99. The van der Waals surface area contributed by atoms with Crippen molar-refractivity contribution in [3.05, 3.63) is 47.5 Å². The van der Waals surface area contributed by atoms with Crippen molar-refractivity contribution in [3.63, 3.8) is 0 Å². The predicted octanol–water partition coefficient (Wildman–Crippen LogP) is 3.91. The Balaban J connectivity index is 0.00000242. The Hall–Kier alpha value is -1.57. The van der Waals surface area contributed by atoms with Crippen molar-refractivity contribution in [1.82, 2.24) is 0 Å². The van der Waals surface area contributed by atoms with Gasteiger partial charge in [-0.1, -0.05) is 0 Å². The van der Waals surface area contributed by atoms with E-state index in [1.807, 2.05) is 0 Å². The molecule has 3 N–H and O–H groups in total. The number of benzene rings is 1. The van der Waals surface area contributed by atoms with Gasteiger partial charge in [-0.15, -0.1) is 12.4 Å². The van der Waals surface area contributed by atoms with Gasteiger partial charge in [-0.3, -0.25) is 0 Å². The molecule has 0 saturated carbocycles. The van der Waals surface area contributed by atoms with Crippen molar-refractivity contribution in [3.8, 4) is 11.3 Å². The SMILES string of the molecule is Cl.NC(CCO)c1ccc(-c2ccc(F)c(C(F)(F)F)c2)o1. The molecule has 122 valence electrons. The molecule has 1 heterocycles. The lowest BCUT2D eigenvalue weighted by Crippen LogP contribution is -2.10. The minimum absolute atomic E-state index is 0. The molecule has 22 heavy (non-hydrogen) atoms. The first-order valence-corrected chi connectivity index (χ1v) is 6.16. The standard InChI is InChI=1S/C14H13F4NO2.ClH/c15-10-2-1-8(7-9(10)14(16,17)18)12-3-4-13(21-12)11(19)5-6-20;/h1-4,7,11,20H,5-6,19H2;1H. The first kappa shape index (κ1) is 18.5. The molecule has 1 aromatic carbocycles. The van der Waals surface area contributed by atoms with E-state index in [-0.39, 0.29) is 36.8 Å². The number of aliphatic hydroxyl groups is 1. The predicted molar refractivity (Wildman–Crippen MR) is 75.0 cm³/mol. The number of hydrogen-bond acceptors (Lipinski definition) is 3. The molecule has 2 aromatic rings. The fraction of sp³-hybridized carbons (Fsp3) is 0.286. The highest BCUT2D eigenvalue weighted by Crippen LogP contribution is 2.35. The van der Waals surface area contributed by atoms with Crippen molar-refractivity contribution in [1.29, 1.82) is 0 Å². The Kier molecular flexibility index (Phi) is 5.99. The molecule has 0 saturated heterocycles. The van der Waals surface area contributed by atoms with Gasteiger partial charge in [0.1, 0.15) is 17.3 Å². The molecule has 0 fully saturated rings. The van der Waals surface area contributed by atoms with Gasteiger partial charge in [0, 0.05) is 12.2 Å². The van der Waals surface area contributed by atoms with Crippen molar-refractivity contribution < 1.29 is 27.1 Å². The lowest BCUT2D eigenvalue weighted by Gasteiger charge is -2.09. The highest BCUT2D eigenvalue weighted by atomic mass is 35.5. The quantitative estimate of drug-likeness (QED) is 0.830. The molecule has 0 amide bonds. The molecule has 1 unspecified atom stereocenters. The second-order valence-electron chi connectivity index (χ2n) is 4.51. The molecule has 0 bridgehead atoms. The van der Waals surface area contributed by atoms with Crippen LogP contribution in [0.2, 0.25) is 0 Å². The van der Waals surface area contributed by atoms with Gasteiger partial charge in [0.05, 0.1) is 11.6 Å². The molecule has 0 radical (unpaired) electrons. The molecule has 2 rings (SSSR count). The second-order valence-corrected chi connectivity index (χ2v) is 4.51. The normalized spacial score (nSPS) is 12.8. The smallest absolute Gasteiger partial charge is 0.419 e. The summed E-state index contributed by atoms with van der Waals surface area (Å²) in [6, 6.07) is 5.06. The summed E-state index contributed by atoms with van der Waals surface area (Å²) in [5.41, 5.74) is 4.48. The fourth-order valence-corrected chi connectivity index (χ4v) is 1.88. The molecule has 0 aliphatic heterocycles. The van der Waals surface area contributed by atoms with Gasteiger partial charge in [-0.25, -0.2) is 4.39 Å². The molecule has 0 spiro atoms. The van der Waals surface area contributed by atoms with E-state index in [1.165, 1.54) is 18.2 Å². The summed E-state index contributed by atoms with van der Waals surface area (Å²) in [6.45, 7) is -0.133. The van der Waals surface area contributed by atoms with Crippen LogP contribution in [0, 0.1) is 5.82 Å². The Morgan fingerprint density at radius 3 is 2.45 bits per heavy atom. The minimum Gasteiger partial charge on any atom is -0.459 e. The van der Waals surface area contributed by atoms with E-state index in [0.717, 1.165) is 6.07 Å². The summed E-state index contributed by atoms with van der Waals surface area (Å²) in [4.78, 5) is 0. The molecule has 1 aromatic heterocycles. The van der Waals surface area contributed by atoms with Crippen LogP contribution in [0.15, 0.2) is 34.7 Å². The van der Waals surface area contributed by atoms with Crippen LogP contribution < -0.4 is 5.73 Å². The summed E-state index contributed by atoms with van der Waals surface area (Å²) >= 11 is 0. The molecule has 8 heteroatoms. The minimum atomic E-state index is -4.77. The van der Waals surface area contributed by atoms with Crippen LogP contribution in [0.3, 0.4) is 0 Å². The van der Waals surface area contributed by atoms with E-state index < -0.39 is 23.6 Å². The molecular formula is C14H14ClF4NO2. The molecule has 0 aliphatic rings. The number of rotatable bonds is 4. The highest BCUT2D eigenvalue weighted by molar-refractivity contribution is 5.85. The Morgan fingerprint density at radius 1 is 1.18 bits per heavy atom. The number of hydrogen-bond donors (Lipinski definition) is 2. The highest BCUT2D eigenvalue weighted by Gasteiger charge is 2.34. The summed E-state index contributed by atoms with van der Waals surface area (Å²) in [7, 11) is 0. The number of aliphatic hydroxyl groups excluding tert-OH is 1. The summed E-state index contributed by atoms with van der Waals surface area (Å²) in [5.74, 6) is -0.837. The number of alkyl halides is 3. The van der Waals surface area contributed by atoms with Crippen LogP contribution in [-0.2, 0) is 6.18 Å². The van der Waals surface area contributed by atoms with Crippen LogP contribution in [0.4, 0.5) is 17.6 Å². The van der Waals surface area contributed by atoms with Crippen LogP contribution in [0.5, 0.6) is 0 Å². The molecular weight excluding hydrogens is 326 g/mol. The van der Waals surface area contributed by atoms with Gasteiger partial charge in [-0.2, -0.15) is 13.2 Å². The number of nitrogens with two attached hydrogens (primary N) is 1. The first-order valence-electron chi connectivity index (χ1n) is 6.16. The van der Waals surface area contributed by atoms with E-state index in [9.17, 15) is 17.6 Å². The van der Waals surface area contributed by atoms with E-state index in [1.54, 1.807) is 0 Å². The zero-order valence-corrected chi connectivity index (χ0v) is 12.0. The lowest BCUT2D eigenvalue weighted by molar-refractivity contribution is -0.139. The molecule has 3 nitrogen and oxygen atoms in total. The van der Waals surface area contributed by atoms with Gasteiger partial charge >= 0.3 is 6.18 Å². The Bertz CT molecular complexity index is 628. The first-order chi connectivity index (χ1) is 9.82. The maximum absolute atomic E-state index is 13.2. The molecule has 0 aliphatic carbocycles. The largest absolute Gasteiger partial charge is 0.459 e. The zero-order chi connectivity index (χ0) is 15.6. The third-order valence-corrected chi connectivity index (χ3v) is 2.99.